The molecule has 2 heterocycles. The third-order valence-corrected chi connectivity index (χ3v) is 9.73. The Morgan fingerprint density at radius 3 is 2.44 bits per heavy atom. The Bertz CT molecular complexity index is 1900. The summed E-state index contributed by atoms with van der Waals surface area (Å²) >= 11 is 0. The molecular weight excluding hydrogens is 663 g/mol. The molecule has 0 unspecified atom stereocenters. The Kier molecular flexibility index (Phi) is 14.4. The number of sulfone groups is 1. The second-order valence-corrected chi connectivity index (χ2v) is 13.1. The van der Waals surface area contributed by atoms with Crippen LogP contribution in [0.15, 0.2) is 77.8 Å². The maximum atomic E-state index is 13.4. The van der Waals surface area contributed by atoms with E-state index in [0.29, 0.717) is 42.5 Å². The van der Waals surface area contributed by atoms with E-state index < -0.39 is 27.8 Å². The number of pyridine rings is 1. The first-order valence-corrected chi connectivity index (χ1v) is 17.6. The Morgan fingerprint density at radius 2 is 1.76 bits per heavy atom. The van der Waals surface area contributed by atoms with Crippen LogP contribution >= 0.6 is 0 Å². The van der Waals surface area contributed by atoms with Gasteiger partial charge in [-0.1, -0.05) is 25.1 Å². The first-order valence-electron chi connectivity index (χ1n) is 16.0. The summed E-state index contributed by atoms with van der Waals surface area (Å²) in [5.74, 6) is -0.314. The third kappa shape index (κ3) is 9.41. The van der Waals surface area contributed by atoms with E-state index in [2.05, 4.69) is 23.1 Å². The Hall–Kier alpha value is -5.35. The van der Waals surface area contributed by atoms with Crippen LogP contribution in [0, 0.1) is 24.6 Å². The van der Waals surface area contributed by atoms with Crippen LogP contribution in [-0.4, -0.2) is 69.3 Å². The molecule has 0 aliphatic carbocycles. The van der Waals surface area contributed by atoms with Crippen LogP contribution in [-0.2, 0) is 24.2 Å². The molecule has 1 aliphatic heterocycles. The van der Waals surface area contributed by atoms with Gasteiger partial charge >= 0.3 is 5.97 Å². The molecule has 50 heavy (non-hydrogen) atoms. The molecule has 4 aromatic rings. The van der Waals surface area contributed by atoms with Crippen LogP contribution in [0.25, 0.3) is 10.8 Å². The summed E-state index contributed by atoms with van der Waals surface area (Å²) in [7, 11) is -2.09. The minimum atomic E-state index is -3.58. The van der Waals surface area contributed by atoms with Gasteiger partial charge in [-0.2, -0.15) is 0 Å². The van der Waals surface area contributed by atoms with Crippen LogP contribution in [0.5, 0.6) is 11.5 Å². The predicted octanol–water partition coefficient (Wildman–Crippen LogP) is 5.66. The van der Waals surface area contributed by atoms with Crippen molar-refractivity contribution in [1.82, 2.24) is 9.88 Å². The molecule has 11 nitrogen and oxygen atoms in total. The van der Waals surface area contributed by atoms with Crippen LogP contribution in [0.1, 0.15) is 38.8 Å². The second-order valence-electron chi connectivity index (χ2n) is 10.8. The van der Waals surface area contributed by atoms with Crippen molar-refractivity contribution in [2.24, 2.45) is 5.92 Å². The number of nitrogens with zero attached hydrogens (tertiary/aromatic N) is 2. The molecule has 0 saturated carbocycles. The largest absolute Gasteiger partial charge is 0.493 e. The minimum absolute atomic E-state index is 0.0270. The van der Waals surface area contributed by atoms with Gasteiger partial charge in [0, 0.05) is 29.9 Å². The fraction of sp³-hybridized carbons (Fsp3) is 0.324. The number of halogens is 1. The van der Waals surface area contributed by atoms with E-state index in [9.17, 15) is 22.4 Å². The van der Waals surface area contributed by atoms with Gasteiger partial charge in [0.15, 0.2) is 21.3 Å². The molecule has 2 atom stereocenters. The number of aromatic nitrogens is 1. The number of carbonyl (C=O) groups excluding carboxylic acids is 2. The molecule has 0 spiro atoms. The van der Waals surface area contributed by atoms with Crippen molar-refractivity contribution in [1.29, 1.82) is 0 Å². The third-order valence-electron chi connectivity index (χ3n) is 7.92. The summed E-state index contributed by atoms with van der Waals surface area (Å²) in [6, 6.07) is 17.4. The maximum Gasteiger partial charge on any atom is 0.311 e. The van der Waals surface area contributed by atoms with E-state index >= 15 is 0 Å². The number of likely N-dealkylation sites (tertiary alicyclic amines) is 1. The number of nitrogens with two attached hydrogens (primary N) is 1. The number of nitrogens with one attached hydrogen (secondary N) is 1. The summed E-state index contributed by atoms with van der Waals surface area (Å²) in [6.07, 6.45) is 10.0. The highest BCUT2D eigenvalue weighted by Gasteiger charge is 2.44. The molecule has 1 amide bonds. The molecule has 1 saturated heterocycles. The molecule has 3 aromatic carbocycles. The molecule has 5 rings (SSSR count). The zero-order chi connectivity index (χ0) is 36.8. The number of ether oxygens (including phenoxy) is 3. The van der Waals surface area contributed by atoms with Crippen LogP contribution < -0.4 is 20.5 Å². The highest BCUT2D eigenvalue weighted by atomic mass is 32.2. The number of rotatable bonds is 11. The monoisotopic (exact) mass is 706 g/mol. The lowest BCUT2D eigenvalue weighted by Crippen LogP contribution is -2.38. The number of anilines is 2. The molecular formula is C37H43FN4O7S. The smallest absolute Gasteiger partial charge is 0.311 e. The highest BCUT2D eigenvalue weighted by Crippen LogP contribution is 2.41. The average molecular weight is 707 g/mol. The second kappa shape index (κ2) is 18.4. The van der Waals surface area contributed by atoms with Crippen LogP contribution in [0.3, 0.4) is 0 Å². The fourth-order valence-electron chi connectivity index (χ4n) is 5.62. The summed E-state index contributed by atoms with van der Waals surface area (Å²) in [5.41, 5.74) is 7.09. The van der Waals surface area contributed by atoms with E-state index in [4.69, 9.17) is 19.9 Å². The summed E-state index contributed by atoms with van der Waals surface area (Å²) in [4.78, 5) is 32.0. The van der Waals surface area contributed by atoms with Crippen molar-refractivity contribution in [3.05, 3.63) is 84.3 Å². The molecule has 1 aromatic heterocycles. The van der Waals surface area contributed by atoms with Gasteiger partial charge < -0.3 is 30.2 Å². The van der Waals surface area contributed by atoms with Crippen LogP contribution in [0.4, 0.5) is 15.9 Å². The first-order chi connectivity index (χ1) is 24.0. The lowest BCUT2D eigenvalue weighted by atomic mass is 9.93. The van der Waals surface area contributed by atoms with E-state index in [1.165, 1.54) is 25.3 Å². The number of amides is 1. The molecule has 266 valence electrons. The number of benzene rings is 3. The summed E-state index contributed by atoms with van der Waals surface area (Å²) in [5, 5.41) is 4.85. The Labute approximate surface area is 292 Å². The van der Waals surface area contributed by atoms with E-state index in [1.54, 1.807) is 49.2 Å². The number of terminal acetylenes is 1. The van der Waals surface area contributed by atoms with Gasteiger partial charge in [0.2, 0.25) is 5.91 Å². The quantitative estimate of drug-likeness (QED) is 0.148. The van der Waals surface area contributed by atoms with Crippen molar-refractivity contribution >= 4 is 44.0 Å². The number of carbonyl (C=O) groups is 2. The van der Waals surface area contributed by atoms with Crippen LogP contribution in [0.2, 0.25) is 0 Å². The van der Waals surface area contributed by atoms with Gasteiger partial charge in [-0.05, 0) is 73.7 Å². The van der Waals surface area contributed by atoms with Gasteiger partial charge in [0.05, 0.1) is 49.5 Å². The molecule has 0 bridgehead atoms. The van der Waals surface area contributed by atoms with Crippen molar-refractivity contribution < 1.29 is 36.6 Å². The van der Waals surface area contributed by atoms with Gasteiger partial charge in [-0.15, -0.1) is 12.8 Å². The van der Waals surface area contributed by atoms with Crippen molar-refractivity contribution in [3.63, 3.8) is 0 Å². The van der Waals surface area contributed by atoms with Gasteiger partial charge in [0.25, 0.3) is 0 Å². The van der Waals surface area contributed by atoms with Gasteiger partial charge in [-0.25, -0.2) is 17.8 Å². The zero-order valence-corrected chi connectivity index (χ0v) is 29.4. The highest BCUT2D eigenvalue weighted by molar-refractivity contribution is 7.91. The number of nitrogen functional groups attached to an aromatic ring is 1. The van der Waals surface area contributed by atoms with E-state index in [1.807, 2.05) is 31.2 Å². The number of methoxy groups -OCH3 is 1. The zero-order valence-electron chi connectivity index (χ0n) is 28.6. The Balaban J connectivity index is 0.000000406. The fourth-order valence-corrected chi connectivity index (χ4v) is 6.77. The van der Waals surface area contributed by atoms with Crippen molar-refractivity contribution in [2.75, 3.05) is 50.2 Å². The maximum absolute atomic E-state index is 13.4. The number of hydrogen-bond donors (Lipinski definition) is 2. The molecule has 1 fully saturated rings. The molecule has 13 heteroatoms. The standard InChI is InChI=1S/C26H30N4O5S.C9H11FO2.C2H2/c1-3-35-26(32)21-12-14-30(24(21)20-7-5-6-8-22(20)36(33,34)4-2)23(31)16-29-18-9-10-19-17(15-18)11-13-28-25(19)27;1-3-12-8-5-4-7(10)6-9(8)11-2;1-2/h5-11,13,15,21,24,29H,3-4,12,14,16H2,1-2H3,(H2,27,28);4-6H,3H2,1-2H3;1-2H/t21-,24-;;/m0../s1. The lowest BCUT2D eigenvalue weighted by molar-refractivity contribution is -0.149. The summed E-state index contributed by atoms with van der Waals surface area (Å²) < 4.78 is 53.7. The minimum Gasteiger partial charge on any atom is -0.493 e. The van der Waals surface area contributed by atoms with Gasteiger partial charge in [0.1, 0.15) is 11.6 Å². The first kappa shape index (κ1) is 39.1. The molecule has 3 N–H and O–H groups in total. The summed E-state index contributed by atoms with van der Waals surface area (Å²) in [6.45, 7) is 6.19. The Morgan fingerprint density at radius 1 is 1.02 bits per heavy atom. The molecule has 1 aliphatic rings. The number of esters is 1. The van der Waals surface area contributed by atoms with E-state index in [-0.39, 0.29) is 35.5 Å². The average Bonchev–Trinajstić information content (AvgIpc) is 3.58. The number of hydrogen-bond acceptors (Lipinski definition) is 10. The lowest BCUT2D eigenvalue weighted by Gasteiger charge is -2.29. The predicted molar refractivity (Wildman–Crippen MR) is 192 cm³/mol. The van der Waals surface area contributed by atoms with Crippen molar-refractivity contribution in [3.8, 4) is 24.3 Å². The number of fused-ring (bicyclic) bond motifs is 1. The van der Waals surface area contributed by atoms with Gasteiger partial charge in [-0.3, -0.25) is 9.59 Å². The van der Waals surface area contributed by atoms with E-state index in [0.717, 1.165) is 16.5 Å². The van der Waals surface area contributed by atoms with Crippen molar-refractivity contribution in [2.45, 2.75) is 38.1 Å². The molecule has 0 radical (unpaired) electrons. The topological polar surface area (TPSA) is 150 Å². The SMILES string of the molecule is C#C.CCOC(=O)[C@H]1CCN(C(=O)CNc2ccc3c(N)nccc3c2)[C@H]1c1ccccc1S(=O)(=O)CC.CCOc1ccc(F)cc1OC. The normalized spacial score (nSPS) is 15.1.